The van der Waals surface area contributed by atoms with E-state index < -0.39 is 0 Å². The van der Waals surface area contributed by atoms with Gasteiger partial charge in [0.1, 0.15) is 13.2 Å². The zero-order valence-electron chi connectivity index (χ0n) is 18.6. The molecule has 0 spiro atoms. The second-order valence-corrected chi connectivity index (χ2v) is 8.48. The summed E-state index contributed by atoms with van der Waals surface area (Å²) in [4.78, 5) is 50.5. The third-order valence-corrected chi connectivity index (χ3v) is 5.99. The van der Waals surface area contributed by atoms with E-state index in [1.54, 1.807) is 9.80 Å². The van der Waals surface area contributed by atoms with Crippen molar-refractivity contribution in [1.29, 1.82) is 0 Å². The van der Waals surface area contributed by atoms with E-state index in [4.69, 9.17) is 9.47 Å². The SMILES string of the molecule is CCN(CC)C(=O)COCCSC(=O)CCC(=O)SCCOCC(=O)N(CC)CC. The second-order valence-electron chi connectivity index (χ2n) is 6.18. The predicted octanol–water partition coefficient (Wildman–Crippen LogP) is 2.06. The zero-order valence-corrected chi connectivity index (χ0v) is 20.3. The Hall–Kier alpha value is -1.10. The third-order valence-electron chi connectivity index (χ3n) is 4.20. The van der Waals surface area contributed by atoms with Crippen LogP contribution < -0.4 is 0 Å². The molecule has 0 unspecified atom stereocenters. The average Bonchev–Trinajstić information content (AvgIpc) is 2.73. The summed E-state index contributed by atoms with van der Waals surface area (Å²) in [6.45, 7) is 10.9. The molecule has 0 aliphatic rings. The Morgan fingerprint density at radius 2 is 0.967 bits per heavy atom. The minimum absolute atomic E-state index is 0.0220. The summed E-state index contributed by atoms with van der Waals surface area (Å²) in [7, 11) is 0. The van der Waals surface area contributed by atoms with Gasteiger partial charge in [-0.15, -0.1) is 0 Å². The Balaban J connectivity index is 3.69. The standard InChI is InChI=1S/C20H36N2O6S2/c1-5-21(6-2)17(23)15-27-11-13-29-19(25)9-10-20(26)30-14-12-28-16-18(24)22(7-3)8-4/h5-16H2,1-4H3. The van der Waals surface area contributed by atoms with Crippen molar-refractivity contribution in [2.45, 2.75) is 40.5 Å². The maximum atomic E-state index is 11.8. The summed E-state index contributed by atoms with van der Waals surface area (Å²) in [6.07, 6.45) is 0.354. The average molecular weight is 465 g/mol. The molecular formula is C20H36N2O6S2. The molecule has 0 aromatic rings. The number of hydrogen-bond donors (Lipinski definition) is 0. The Morgan fingerprint density at radius 1 is 0.633 bits per heavy atom. The van der Waals surface area contributed by atoms with Crippen LogP contribution in [-0.2, 0) is 28.7 Å². The fraction of sp³-hybridized carbons (Fsp3) is 0.800. The van der Waals surface area contributed by atoms with Crippen LogP contribution in [0.4, 0.5) is 0 Å². The maximum absolute atomic E-state index is 11.8. The monoisotopic (exact) mass is 464 g/mol. The number of ether oxygens (including phenoxy) is 2. The second kappa shape index (κ2) is 18.7. The lowest BCUT2D eigenvalue weighted by Gasteiger charge is -2.18. The summed E-state index contributed by atoms with van der Waals surface area (Å²) >= 11 is 2.23. The Morgan fingerprint density at radius 3 is 1.27 bits per heavy atom. The summed E-state index contributed by atoms with van der Waals surface area (Å²) in [5.74, 6) is 0.806. The number of carbonyl (C=O) groups is 4. The number of hydrogen-bond acceptors (Lipinski definition) is 8. The van der Waals surface area contributed by atoms with E-state index in [2.05, 4.69) is 0 Å². The molecule has 0 N–H and O–H groups in total. The number of nitrogens with zero attached hydrogens (tertiary/aromatic N) is 2. The van der Waals surface area contributed by atoms with Crippen molar-refractivity contribution in [2.24, 2.45) is 0 Å². The van der Waals surface area contributed by atoms with Crippen LogP contribution in [0.3, 0.4) is 0 Å². The summed E-state index contributed by atoms with van der Waals surface area (Å²) in [5.41, 5.74) is 0. The molecule has 0 atom stereocenters. The minimum Gasteiger partial charge on any atom is -0.371 e. The van der Waals surface area contributed by atoms with E-state index in [9.17, 15) is 19.2 Å². The van der Waals surface area contributed by atoms with Crippen molar-refractivity contribution in [3.63, 3.8) is 0 Å². The van der Waals surface area contributed by atoms with Crippen molar-refractivity contribution in [3.05, 3.63) is 0 Å². The molecule has 0 aromatic carbocycles. The first-order valence-corrected chi connectivity index (χ1v) is 12.4. The summed E-state index contributed by atoms with van der Waals surface area (Å²) < 4.78 is 10.6. The lowest BCUT2D eigenvalue weighted by Crippen LogP contribution is -2.33. The first kappa shape index (κ1) is 28.9. The van der Waals surface area contributed by atoms with Gasteiger partial charge in [-0.1, -0.05) is 23.5 Å². The first-order chi connectivity index (χ1) is 14.4. The van der Waals surface area contributed by atoms with Crippen molar-refractivity contribution in [3.8, 4) is 0 Å². The van der Waals surface area contributed by atoms with Crippen LogP contribution in [0.15, 0.2) is 0 Å². The topological polar surface area (TPSA) is 93.2 Å². The first-order valence-electron chi connectivity index (χ1n) is 10.4. The van der Waals surface area contributed by atoms with Crippen molar-refractivity contribution >= 4 is 45.6 Å². The molecule has 0 bridgehead atoms. The quantitative estimate of drug-likeness (QED) is 0.302. The maximum Gasteiger partial charge on any atom is 0.248 e. The van der Waals surface area contributed by atoms with E-state index in [0.29, 0.717) is 50.9 Å². The van der Waals surface area contributed by atoms with Crippen LogP contribution in [0.5, 0.6) is 0 Å². The number of rotatable bonds is 17. The molecular weight excluding hydrogens is 428 g/mol. The number of amides is 2. The third kappa shape index (κ3) is 14.0. The Labute approximate surface area is 188 Å². The van der Waals surface area contributed by atoms with Crippen LogP contribution in [0.25, 0.3) is 0 Å². The molecule has 174 valence electrons. The fourth-order valence-corrected chi connectivity index (χ4v) is 3.78. The largest absolute Gasteiger partial charge is 0.371 e. The smallest absolute Gasteiger partial charge is 0.248 e. The number of carbonyl (C=O) groups excluding carboxylic acids is 4. The van der Waals surface area contributed by atoms with Gasteiger partial charge in [0.05, 0.1) is 13.2 Å². The van der Waals surface area contributed by atoms with Crippen LogP contribution in [-0.4, -0.2) is 96.0 Å². The van der Waals surface area contributed by atoms with Gasteiger partial charge < -0.3 is 19.3 Å². The highest BCUT2D eigenvalue weighted by molar-refractivity contribution is 8.14. The molecule has 0 saturated carbocycles. The highest BCUT2D eigenvalue weighted by Gasteiger charge is 2.12. The molecule has 0 fully saturated rings. The molecule has 2 amide bonds. The lowest BCUT2D eigenvalue weighted by molar-refractivity contribution is -0.136. The molecule has 0 saturated heterocycles. The molecule has 10 heteroatoms. The Kier molecular flexibility index (Phi) is 18.0. The number of likely N-dealkylation sites (N-methyl/N-ethyl adjacent to an activating group) is 2. The predicted molar refractivity (Wildman–Crippen MR) is 122 cm³/mol. The van der Waals surface area contributed by atoms with Gasteiger partial charge in [0, 0.05) is 50.5 Å². The van der Waals surface area contributed by atoms with E-state index in [1.807, 2.05) is 27.7 Å². The van der Waals surface area contributed by atoms with Gasteiger partial charge in [0.25, 0.3) is 0 Å². The molecule has 0 aromatic heterocycles. The van der Waals surface area contributed by atoms with Gasteiger partial charge in [-0.25, -0.2) is 0 Å². The molecule has 30 heavy (non-hydrogen) atoms. The minimum atomic E-state index is -0.0660. The van der Waals surface area contributed by atoms with Gasteiger partial charge >= 0.3 is 0 Å². The number of thioether (sulfide) groups is 2. The van der Waals surface area contributed by atoms with Crippen LogP contribution in [0.1, 0.15) is 40.5 Å². The molecule has 0 aliphatic heterocycles. The van der Waals surface area contributed by atoms with E-state index >= 15 is 0 Å². The van der Waals surface area contributed by atoms with Crippen LogP contribution in [0.2, 0.25) is 0 Å². The van der Waals surface area contributed by atoms with E-state index in [0.717, 1.165) is 23.5 Å². The summed E-state index contributed by atoms with van der Waals surface area (Å²) in [5, 5.41) is -0.132. The highest BCUT2D eigenvalue weighted by atomic mass is 32.2. The summed E-state index contributed by atoms with van der Waals surface area (Å²) in [6, 6.07) is 0. The van der Waals surface area contributed by atoms with Gasteiger partial charge in [0.2, 0.25) is 11.8 Å². The van der Waals surface area contributed by atoms with Gasteiger partial charge in [0.15, 0.2) is 10.2 Å². The normalized spacial score (nSPS) is 10.7. The van der Waals surface area contributed by atoms with Gasteiger partial charge in [-0.2, -0.15) is 0 Å². The van der Waals surface area contributed by atoms with Crippen LogP contribution in [0, 0.1) is 0 Å². The van der Waals surface area contributed by atoms with Gasteiger partial charge in [-0.05, 0) is 27.7 Å². The molecule has 8 nitrogen and oxygen atoms in total. The van der Waals surface area contributed by atoms with Crippen molar-refractivity contribution in [2.75, 3.05) is 64.1 Å². The highest BCUT2D eigenvalue weighted by Crippen LogP contribution is 2.12. The van der Waals surface area contributed by atoms with Crippen LogP contribution >= 0.6 is 23.5 Å². The van der Waals surface area contributed by atoms with E-state index in [1.165, 1.54) is 0 Å². The molecule has 0 heterocycles. The lowest BCUT2D eigenvalue weighted by atomic mass is 10.4. The van der Waals surface area contributed by atoms with Gasteiger partial charge in [-0.3, -0.25) is 19.2 Å². The Bertz CT molecular complexity index is 479. The van der Waals surface area contributed by atoms with E-state index in [-0.39, 0.29) is 48.1 Å². The van der Waals surface area contributed by atoms with Crippen molar-refractivity contribution < 1.29 is 28.7 Å². The molecule has 0 rings (SSSR count). The zero-order chi connectivity index (χ0) is 22.8. The van der Waals surface area contributed by atoms with Crippen molar-refractivity contribution in [1.82, 2.24) is 9.80 Å². The fourth-order valence-electron chi connectivity index (χ4n) is 2.43. The molecule has 0 aliphatic carbocycles. The molecule has 0 radical (unpaired) electrons.